The fraction of sp³-hybridized carbons (Fsp3) is 0.167. The number of hydrogen-bond acceptors (Lipinski definition) is 5. The molecule has 1 heterocycles. The van der Waals surface area contributed by atoms with Crippen molar-refractivity contribution >= 4 is 40.1 Å². The molecule has 0 amide bonds. The Hall–Kier alpha value is -2.86. The van der Waals surface area contributed by atoms with Gasteiger partial charge < -0.3 is 14.7 Å². The van der Waals surface area contributed by atoms with Gasteiger partial charge in [-0.1, -0.05) is 11.6 Å². The first-order chi connectivity index (χ1) is 11.9. The van der Waals surface area contributed by atoms with Gasteiger partial charge >= 0.3 is 5.97 Å². The summed E-state index contributed by atoms with van der Waals surface area (Å²) in [5, 5.41) is 9.50. The minimum absolute atomic E-state index is 0.492. The second kappa shape index (κ2) is 6.94. The van der Waals surface area contributed by atoms with Gasteiger partial charge in [-0.2, -0.15) is 0 Å². The van der Waals surface area contributed by atoms with Crippen LogP contribution in [0, 0.1) is 0 Å². The Labute approximate surface area is 149 Å². The largest absolute Gasteiger partial charge is 0.479 e. The van der Waals surface area contributed by atoms with Crippen LogP contribution < -0.4 is 9.64 Å². The lowest BCUT2D eigenvalue weighted by atomic mass is 10.2. The zero-order valence-electron chi connectivity index (χ0n) is 13.7. The molecule has 0 bridgehead atoms. The number of aliphatic carboxylic acids is 1. The van der Waals surface area contributed by atoms with Gasteiger partial charge in [0.1, 0.15) is 5.75 Å². The van der Waals surface area contributed by atoms with Gasteiger partial charge in [-0.05, 0) is 49.4 Å². The fourth-order valence-corrected chi connectivity index (χ4v) is 2.44. The lowest BCUT2D eigenvalue weighted by Crippen LogP contribution is -2.22. The van der Waals surface area contributed by atoms with E-state index in [-0.39, 0.29) is 0 Å². The number of hydrogen-bond donors (Lipinski definition) is 1. The molecule has 1 aromatic heterocycles. The van der Waals surface area contributed by atoms with E-state index in [9.17, 15) is 4.79 Å². The van der Waals surface area contributed by atoms with Gasteiger partial charge in [0.2, 0.25) is 0 Å². The molecule has 3 aromatic rings. The average Bonchev–Trinajstić information content (AvgIpc) is 2.61. The van der Waals surface area contributed by atoms with Crippen LogP contribution in [0.5, 0.6) is 5.75 Å². The molecule has 0 saturated heterocycles. The van der Waals surface area contributed by atoms with Crippen molar-refractivity contribution < 1.29 is 14.6 Å². The number of fused-ring (bicyclic) bond motifs is 1. The topological polar surface area (TPSA) is 75.5 Å². The van der Waals surface area contributed by atoms with Gasteiger partial charge in [-0.15, -0.1) is 0 Å². The third kappa shape index (κ3) is 3.80. The van der Waals surface area contributed by atoms with Crippen molar-refractivity contribution in [3.63, 3.8) is 0 Å². The number of anilines is 2. The zero-order valence-corrected chi connectivity index (χ0v) is 14.4. The van der Waals surface area contributed by atoms with Gasteiger partial charge in [0.25, 0.3) is 0 Å². The standard InChI is InChI=1S/C18H16ClN3O3/c1-11(18(23)24)25-14-6-4-13(5-7-14)22(2)17-10-20-16-9-12(19)3-8-15(16)21-17/h3-11H,1-2H3,(H,23,24). The molecule has 2 aromatic carbocycles. The van der Waals surface area contributed by atoms with Crippen molar-refractivity contribution in [3.8, 4) is 5.75 Å². The highest BCUT2D eigenvalue weighted by atomic mass is 35.5. The van der Waals surface area contributed by atoms with Gasteiger partial charge in [-0.3, -0.25) is 4.98 Å². The van der Waals surface area contributed by atoms with Gasteiger partial charge in [0.15, 0.2) is 11.9 Å². The van der Waals surface area contributed by atoms with Crippen LogP contribution in [0.2, 0.25) is 5.02 Å². The molecule has 0 spiro atoms. The number of aromatic nitrogens is 2. The highest BCUT2D eigenvalue weighted by Gasteiger charge is 2.13. The average molecular weight is 358 g/mol. The fourth-order valence-electron chi connectivity index (χ4n) is 2.27. The number of nitrogens with zero attached hydrogens (tertiary/aromatic N) is 3. The molecule has 0 aliphatic rings. The Balaban J connectivity index is 1.81. The molecule has 7 heteroatoms. The minimum atomic E-state index is -1.01. The highest BCUT2D eigenvalue weighted by Crippen LogP contribution is 2.26. The first kappa shape index (κ1) is 17.0. The van der Waals surface area contributed by atoms with E-state index in [1.165, 1.54) is 6.92 Å². The van der Waals surface area contributed by atoms with Gasteiger partial charge in [-0.25, -0.2) is 9.78 Å². The van der Waals surface area contributed by atoms with Crippen LogP contribution in [0.4, 0.5) is 11.5 Å². The van der Waals surface area contributed by atoms with E-state index in [0.717, 1.165) is 16.7 Å². The minimum Gasteiger partial charge on any atom is -0.479 e. The monoisotopic (exact) mass is 357 g/mol. The summed E-state index contributed by atoms with van der Waals surface area (Å²) in [6.07, 6.45) is 0.775. The van der Waals surface area contributed by atoms with Crippen molar-refractivity contribution in [1.29, 1.82) is 0 Å². The lowest BCUT2D eigenvalue weighted by Gasteiger charge is -2.19. The lowest BCUT2D eigenvalue weighted by molar-refractivity contribution is -0.144. The molecule has 0 saturated carbocycles. The predicted molar refractivity (Wildman–Crippen MR) is 96.8 cm³/mol. The smallest absolute Gasteiger partial charge is 0.344 e. The van der Waals surface area contributed by atoms with E-state index in [2.05, 4.69) is 9.97 Å². The molecule has 6 nitrogen and oxygen atoms in total. The van der Waals surface area contributed by atoms with E-state index >= 15 is 0 Å². The maximum atomic E-state index is 10.8. The van der Waals surface area contributed by atoms with E-state index in [1.54, 1.807) is 30.5 Å². The number of halogens is 1. The van der Waals surface area contributed by atoms with Crippen LogP contribution in [0.3, 0.4) is 0 Å². The van der Waals surface area contributed by atoms with Gasteiger partial charge in [0, 0.05) is 17.8 Å². The first-order valence-electron chi connectivity index (χ1n) is 7.59. The van der Waals surface area contributed by atoms with Crippen LogP contribution in [-0.2, 0) is 4.79 Å². The molecular formula is C18H16ClN3O3. The second-order valence-corrected chi connectivity index (χ2v) is 5.95. The molecule has 1 N–H and O–H groups in total. The number of carbonyl (C=O) groups is 1. The molecule has 25 heavy (non-hydrogen) atoms. The molecule has 0 fully saturated rings. The Kier molecular flexibility index (Phi) is 4.72. The van der Waals surface area contributed by atoms with Gasteiger partial charge in [0.05, 0.1) is 17.2 Å². The summed E-state index contributed by atoms with van der Waals surface area (Å²) in [7, 11) is 1.88. The summed E-state index contributed by atoms with van der Waals surface area (Å²) in [6.45, 7) is 1.49. The van der Waals surface area contributed by atoms with E-state index < -0.39 is 12.1 Å². The zero-order chi connectivity index (χ0) is 18.0. The summed E-state index contributed by atoms with van der Waals surface area (Å²) in [4.78, 5) is 21.7. The van der Waals surface area contributed by atoms with E-state index in [1.807, 2.05) is 30.1 Å². The van der Waals surface area contributed by atoms with Crippen molar-refractivity contribution in [3.05, 3.63) is 53.7 Å². The summed E-state index contributed by atoms with van der Waals surface area (Å²) in [5.41, 5.74) is 2.36. The summed E-state index contributed by atoms with van der Waals surface area (Å²) in [6, 6.07) is 12.5. The highest BCUT2D eigenvalue weighted by molar-refractivity contribution is 6.31. The molecule has 0 aliphatic carbocycles. The van der Waals surface area contributed by atoms with Crippen molar-refractivity contribution in [2.24, 2.45) is 0 Å². The normalized spacial score (nSPS) is 12.0. The summed E-state index contributed by atoms with van der Waals surface area (Å²) < 4.78 is 5.33. The Morgan fingerprint density at radius 1 is 1.20 bits per heavy atom. The quantitative estimate of drug-likeness (QED) is 0.746. The van der Waals surface area contributed by atoms with Crippen LogP contribution in [0.25, 0.3) is 11.0 Å². The van der Waals surface area contributed by atoms with Crippen molar-refractivity contribution in [1.82, 2.24) is 9.97 Å². The number of benzene rings is 2. The third-order valence-electron chi connectivity index (χ3n) is 3.72. The summed E-state index contributed by atoms with van der Waals surface area (Å²) >= 11 is 5.96. The Morgan fingerprint density at radius 3 is 2.60 bits per heavy atom. The van der Waals surface area contributed by atoms with Crippen LogP contribution >= 0.6 is 11.6 Å². The number of ether oxygens (including phenoxy) is 1. The number of carboxylic acids is 1. The molecule has 3 rings (SSSR count). The van der Waals surface area contributed by atoms with Crippen LogP contribution in [0.1, 0.15) is 6.92 Å². The SMILES string of the molecule is CC(Oc1ccc(N(C)c2cnc3cc(Cl)ccc3n2)cc1)C(=O)O. The van der Waals surface area contributed by atoms with Crippen molar-refractivity contribution in [2.45, 2.75) is 13.0 Å². The third-order valence-corrected chi connectivity index (χ3v) is 3.95. The first-order valence-corrected chi connectivity index (χ1v) is 7.97. The molecule has 1 atom stereocenters. The molecule has 1 unspecified atom stereocenters. The van der Waals surface area contributed by atoms with Crippen LogP contribution in [0.15, 0.2) is 48.7 Å². The molecule has 0 aliphatic heterocycles. The maximum Gasteiger partial charge on any atom is 0.344 e. The maximum absolute atomic E-state index is 10.8. The number of carboxylic acid groups (broad SMARTS) is 1. The molecular weight excluding hydrogens is 342 g/mol. The van der Waals surface area contributed by atoms with E-state index in [0.29, 0.717) is 16.6 Å². The number of rotatable bonds is 5. The van der Waals surface area contributed by atoms with Crippen LogP contribution in [-0.4, -0.2) is 34.2 Å². The predicted octanol–water partition coefficient (Wildman–Crippen LogP) is 3.90. The summed E-state index contributed by atoms with van der Waals surface area (Å²) in [5.74, 6) is 0.168. The Morgan fingerprint density at radius 2 is 1.92 bits per heavy atom. The second-order valence-electron chi connectivity index (χ2n) is 5.51. The molecule has 0 radical (unpaired) electrons. The molecule has 128 valence electrons. The van der Waals surface area contributed by atoms with E-state index in [4.69, 9.17) is 21.4 Å². The van der Waals surface area contributed by atoms with Crippen molar-refractivity contribution in [2.75, 3.05) is 11.9 Å². The Bertz CT molecular complexity index is 915.